The van der Waals surface area contributed by atoms with Gasteiger partial charge in [0.05, 0.1) is 17.0 Å². The largest absolute Gasteiger partial charge is 0.450 e. The van der Waals surface area contributed by atoms with Crippen LogP contribution in [0.15, 0.2) is 82.3 Å². The fourth-order valence-electron chi connectivity index (χ4n) is 3.83. The summed E-state index contributed by atoms with van der Waals surface area (Å²) in [5.74, 6) is -0.243. The molecule has 0 fully saturated rings. The summed E-state index contributed by atoms with van der Waals surface area (Å²) in [5.41, 5.74) is 2.15. The highest BCUT2D eigenvalue weighted by atomic mass is 35.5. The monoisotopic (exact) mass is 402 g/mol. The van der Waals surface area contributed by atoms with Gasteiger partial charge in [0.1, 0.15) is 5.58 Å². The molecule has 2 aromatic heterocycles. The minimum absolute atomic E-state index is 0.0857. The number of aromatic nitrogens is 1. The van der Waals surface area contributed by atoms with E-state index in [-0.39, 0.29) is 23.6 Å². The second-order valence-corrected chi connectivity index (χ2v) is 7.28. The Labute approximate surface area is 171 Å². The van der Waals surface area contributed by atoms with Crippen LogP contribution in [-0.2, 0) is 6.54 Å². The van der Waals surface area contributed by atoms with Crippen molar-refractivity contribution in [2.75, 3.05) is 0 Å². The van der Waals surface area contributed by atoms with Crippen LogP contribution in [0.25, 0.3) is 11.0 Å². The molecule has 0 N–H and O–H groups in total. The highest BCUT2D eigenvalue weighted by Crippen LogP contribution is 2.39. The second kappa shape index (κ2) is 6.87. The normalized spacial score (nSPS) is 15.7. The summed E-state index contributed by atoms with van der Waals surface area (Å²) in [7, 11) is 0. The molecule has 5 nitrogen and oxygen atoms in total. The van der Waals surface area contributed by atoms with Crippen molar-refractivity contribution < 1.29 is 9.21 Å². The van der Waals surface area contributed by atoms with Gasteiger partial charge in [-0.3, -0.25) is 14.6 Å². The zero-order chi connectivity index (χ0) is 20.0. The maximum atomic E-state index is 13.3. The van der Waals surface area contributed by atoms with E-state index in [4.69, 9.17) is 16.0 Å². The Kier molecular flexibility index (Phi) is 4.18. The first-order chi connectivity index (χ1) is 14.1. The molecule has 1 amide bonds. The number of para-hydroxylation sites is 1. The fourth-order valence-corrected chi connectivity index (χ4v) is 4.03. The number of rotatable bonds is 3. The van der Waals surface area contributed by atoms with Crippen LogP contribution in [0.5, 0.6) is 0 Å². The zero-order valence-corrected chi connectivity index (χ0v) is 16.0. The fraction of sp³-hybridized carbons (Fsp3) is 0.0870. The molecule has 0 aliphatic carbocycles. The highest BCUT2D eigenvalue weighted by Gasteiger charge is 2.42. The van der Waals surface area contributed by atoms with Crippen LogP contribution in [0.1, 0.15) is 33.3 Å². The van der Waals surface area contributed by atoms with Gasteiger partial charge in [0.2, 0.25) is 5.76 Å². The number of benzene rings is 2. The standard InChI is InChI=1S/C23H15ClN2O3/c24-17-7-3-1-5-15(17)13-26-20(14-9-11-25-12-10-14)19-21(27)16-6-2-4-8-18(16)29-22(19)23(26)28/h1-12,20H,13H2. The average molecular weight is 403 g/mol. The minimum Gasteiger partial charge on any atom is -0.450 e. The van der Waals surface area contributed by atoms with E-state index in [1.165, 1.54) is 0 Å². The number of hydrogen-bond donors (Lipinski definition) is 0. The topological polar surface area (TPSA) is 63.4 Å². The first kappa shape index (κ1) is 17.6. The Bertz CT molecular complexity index is 1300. The Morgan fingerprint density at radius 2 is 1.69 bits per heavy atom. The van der Waals surface area contributed by atoms with Gasteiger partial charge in [-0.2, -0.15) is 0 Å². The van der Waals surface area contributed by atoms with Crippen LogP contribution in [0.2, 0.25) is 5.02 Å². The molecule has 1 aliphatic heterocycles. The highest BCUT2D eigenvalue weighted by molar-refractivity contribution is 6.31. The molecule has 1 aliphatic rings. The van der Waals surface area contributed by atoms with Crippen molar-refractivity contribution in [1.29, 1.82) is 0 Å². The Hall–Kier alpha value is -3.44. The third kappa shape index (κ3) is 2.82. The molecule has 1 atom stereocenters. The van der Waals surface area contributed by atoms with E-state index in [2.05, 4.69) is 4.98 Å². The smallest absolute Gasteiger partial charge is 0.291 e. The van der Waals surface area contributed by atoms with Crippen molar-refractivity contribution in [3.63, 3.8) is 0 Å². The number of halogens is 1. The summed E-state index contributed by atoms with van der Waals surface area (Å²) in [6.45, 7) is 0.255. The van der Waals surface area contributed by atoms with Crippen LogP contribution >= 0.6 is 11.6 Å². The number of amides is 1. The van der Waals surface area contributed by atoms with E-state index in [1.807, 2.05) is 18.2 Å². The van der Waals surface area contributed by atoms with Gasteiger partial charge in [0.15, 0.2) is 5.43 Å². The van der Waals surface area contributed by atoms with Crippen molar-refractivity contribution in [2.45, 2.75) is 12.6 Å². The first-order valence-corrected chi connectivity index (χ1v) is 9.53. The predicted molar refractivity (Wildman–Crippen MR) is 110 cm³/mol. The van der Waals surface area contributed by atoms with Gasteiger partial charge in [-0.05, 0) is 41.5 Å². The first-order valence-electron chi connectivity index (χ1n) is 9.15. The molecule has 0 bridgehead atoms. The number of pyridine rings is 1. The molecule has 3 heterocycles. The average Bonchev–Trinajstić information content (AvgIpc) is 3.03. The van der Waals surface area contributed by atoms with E-state index in [9.17, 15) is 9.59 Å². The lowest BCUT2D eigenvalue weighted by Gasteiger charge is -2.25. The minimum atomic E-state index is -0.572. The molecule has 1 unspecified atom stereocenters. The van der Waals surface area contributed by atoms with E-state index < -0.39 is 6.04 Å². The van der Waals surface area contributed by atoms with E-state index >= 15 is 0 Å². The molecule has 4 aromatic rings. The third-order valence-electron chi connectivity index (χ3n) is 5.19. The maximum Gasteiger partial charge on any atom is 0.291 e. The molecule has 0 radical (unpaired) electrons. The molecule has 2 aromatic carbocycles. The number of nitrogens with zero attached hydrogens (tertiary/aromatic N) is 2. The quantitative estimate of drug-likeness (QED) is 0.503. The molecule has 142 valence electrons. The van der Waals surface area contributed by atoms with Crippen LogP contribution in [0.3, 0.4) is 0 Å². The van der Waals surface area contributed by atoms with Crippen molar-refractivity contribution >= 4 is 28.5 Å². The van der Waals surface area contributed by atoms with Crippen LogP contribution in [-0.4, -0.2) is 15.8 Å². The van der Waals surface area contributed by atoms with Crippen LogP contribution in [0.4, 0.5) is 0 Å². The number of fused-ring (bicyclic) bond motifs is 2. The summed E-state index contributed by atoms with van der Waals surface area (Å²) >= 11 is 6.34. The van der Waals surface area contributed by atoms with Crippen molar-refractivity contribution in [1.82, 2.24) is 9.88 Å². The van der Waals surface area contributed by atoms with Crippen LogP contribution in [0, 0.1) is 0 Å². The molecular formula is C23H15ClN2O3. The summed E-state index contributed by atoms with van der Waals surface area (Å²) in [5, 5.41) is 1.02. The van der Waals surface area contributed by atoms with E-state index in [1.54, 1.807) is 59.8 Å². The van der Waals surface area contributed by atoms with Gasteiger partial charge in [-0.15, -0.1) is 0 Å². The summed E-state index contributed by atoms with van der Waals surface area (Å²) in [6.07, 6.45) is 3.29. The number of carbonyl (C=O) groups is 1. The third-order valence-corrected chi connectivity index (χ3v) is 5.56. The SMILES string of the molecule is O=C1c2oc3ccccc3c(=O)c2C(c2ccncc2)N1Cc1ccccc1Cl. The van der Waals surface area contributed by atoms with E-state index in [0.29, 0.717) is 21.6 Å². The molecule has 0 saturated carbocycles. The molecule has 0 spiro atoms. The zero-order valence-electron chi connectivity index (χ0n) is 15.2. The molecular weight excluding hydrogens is 388 g/mol. The maximum absolute atomic E-state index is 13.3. The molecule has 5 rings (SSSR count). The van der Waals surface area contributed by atoms with Gasteiger partial charge in [0, 0.05) is 24.0 Å². The van der Waals surface area contributed by atoms with Crippen molar-refractivity contribution in [2.24, 2.45) is 0 Å². The number of carbonyl (C=O) groups excluding carboxylic acids is 1. The Balaban J connectivity index is 1.74. The van der Waals surface area contributed by atoms with E-state index in [0.717, 1.165) is 11.1 Å². The molecule has 0 saturated heterocycles. The van der Waals surface area contributed by atoms with Crippen molar-refractivity contribution in [3.05, 3.63) is 111 Å². The molecule has 6 heteroatoms. The van der Waals surface area contributed by atoms with Gasteiger partial charge >= 0.3 is 0 Å². The lowest BCUT2D eigenvalue weighted by molar-refractivity contribution is 0.0714. The molecule has 29 heavy (non-hydrogen) atoms. The van der Waals surface area contributed by atoms with Crippen molar-refractivity contribution in [3.8, 4) is 0 Å². The predicted octanol–water partition coefficient (Wildman–Crippen LogP) is 4.59. The Morgan fingerprint density at radius 1 is 0.966 bits per heavy atom. The van der Waals surface area contributed by atoms with Gasteiger partial charge < -0.3 is 9.32 Å². The summed E-state index contributed by atoms with van der Waals surface area (Å²) in [6, 6.07) is 17.4. The number of hydrogen-bond acceptors (Lipinski definition) is 4. The Morgan fingerprint density at radius 3 is 2.48 bits per heavy atom. The van der Waals surface area contributed by atoms with Gasteiger partial charge in [-0.1, -0.05) is 41.9 Å². The summed E-state index contributed by atoms with van der Waals surface area (Å²) < 4.78 is 5.91. The second-order valence-electron chi connectivity index (χ2n) is 6.88. The van der Waals surface area contributed by atoms with Gasteiger partial charge in [0.25, 0.3) is 5.91 Å². The lowest BCUT2D eigenvalue weighted by atomic mass is 9.99. The van der Waals surface area contributed by atoms with Gasteiger partial charge in [-0.25, -0.2) is 0 Å². The van der Waals surface area contributed by atoms with Crippen LogP contribution < -0.4 is 5.43 Å². The summed E-state index contributed by atoms with van der Waals surface area (Å²) in [4.78, 5) is 32.4. The lowest BCUT2D eigenvalue weighted by Crippen LogP contribution is -2.29.